The Morgan fingerprint density at radius 3 is 2.45 bits per heavy atom. The van der Waals surface area contributed by atoms with E-state index in [2.05, 4.69) is 5.32 Å². The number of rotatable bonds is 4. The molecule has 0 fully saturated rings. The molecule has 0 bridgehead atoms. The highest BCUT2D eigenvalue weighted by Crippen LogP contribution is 2.27. The van der Waals surface area contributed by atoms with Gasteiger partial charge in [0.2, 0.25) is 0 Å². The van der Waals surface area contributed by atoms with Crippen LogP contribution in [0.1, 0.15) is 35.2 Å². The highest BCUT2D eigenvalue weighted by molar-refractivity contribution is 5.37. The fourth-order valence-corrected chi connectivity index (χ4v) is 2.30. The van der Waals surface area contributed by atoms with Gasteiger partial charge in [0.1, 0.15) is 0 Å². The van der Waals surface area contributed by atoms with Crippen molar-refractivity contribution in [2.24, 2.45) is 0 Å². The van der Waals surface area contributed by atoms with Crippen LogP contribution in [0, 0.1) is 25.5 Å². The third-order valence-corrected chi connectivity index (χ3v) is 3.57. The molecule has 0 spiro atoms. The molecule has 0 saturated carbocycles. The first-order valence-corrected chi connectivity index (χ1v) is 6.79. The van der Waals surface area contributed by atoms with E-state index < -0.39 is 11.6 Å². The summed E-state index contributed by atoms with van der Waals surface area (Å²) in [5.41, 5.74) is 3.61. The molecule has 2 rings (SSSR count). The molecule has 20 heavy (non-hydrogen) atoms. The van der Waals surface area contributed by atoms with Crippen LogP contribution < -0.4 is 5.32 Å². The molecule has 0 saturated heterocycles. The number of aryl methyl sites for hydroxylation is 2. The van der Waals surface area contributed by atoms with Crippen LogP contribution in [0.25, 0.3) is 0 Å². The van der Waals surface area contributed by atoms with Crippen molar-refractivity contribution in [3.8, 4) is 0 Å². The molecule has 1 atom stereocenters. The lowest BCUT2D eigenvalue weighted by Crippen LogP contribution is -2.23. The fourth-order valence-electron chi connectivity index (χ4n) is 2.30. The van der Waals surface area contributed by atoms with Gasteiger partial charge in [-0.15, -0.1) is 0 Å². The van der Waals surface area contributed by atoms with Gasteiger partial charge in [-0.3, -0.25) is 0 Å². The summed E-state index contributed by atoms with van der Waals surface area (Å²) < 4.78 is 27.5. The lowest BCUT2D eigenvalue weighted by molar-refractivity contribution is 0.483. The first-order valence-electron chi connectivity index (χ1n) is 6.79. The van der Waals surface area contributed by atoms with E-state index >= 15 is 0 Å². The molecule has 2 aromatic carbocycles. The summed E-state index contributed by atoms with van der Waals surface area (Å²) in [6.45, 7) is 6.67. The van der Waals surface area contributed by atoms with Gasteiger partial charge in [0.15, 0.2) is 11.6 Å². The maximum atomic E-state index is 14.0. The monoisotopic (exact) mass is 275 g/mol. The van der Waals surface area contributed by atoms with Gasteiger partial charge >= 0.3 is 0 Å². The van der Waals surface area contributed by atoms with Crippen molar-refractivity contribution >= 4 is 0 Å². The smallest absolute Gasteiger partial charge is 0.163 e. The molecule has 0 aromatic heterocycles. The van der Waals surface area contributed by atoms with Crippen molar-refractivity contribution in [1.29, 1.82) is 0 Å². The van der Waals surface area contributed by atoms with Crippen molar-refractivity contribution in [3.05, 3.63) is 70.3 Å². The first kappa shape index (κ1) is 14.7. The lowest BCUT2D eigenvalue weighted by Gasteiger charge is -2.20. The second-order valence-electron chi connectivity index (χ2n) is 4.98. The number of benzene rings is 2. The van der Waals surface area contributed by atoms with E-state index in [4.69, 9.17) is 0 Å². The normalized spacial score (nSPS) is 12.4. The fraction of sp³-hybridized carbons (Fsp3) is 0.294. The Morgan fingerprint density at radius 1 is 1.05 bits per heavy atom. The van der Waals surface area contributed by atoms with Gasteiger partial charge < -0.3 is 5.32 Å². The minimum Gasteiger partial charge on any atom is -0.306 e. The Morgan fingerprint density at radius 2 is 1.80 bits per heavy atom. The van der Waals surface area contributed by atoms with Crippen molar-refractivity contribution < 1.29 is 8.78 Å². The van der Waals surface area contributed by atoms with Crippen molar-refractivity contribution in [2.75, 3.05) is 6.54 Å². The third-order valence-electron chi connectivity index (χ3n) is 3.57. The molecule has 1 nitrogen and oxygen atoms in total. The van der Waals surface area contributed by atoms with Gasteiger partial charge in [-0.05, 0) is 43.1 Å². The minimum atomic E-state index is -0.811. The number of halogens is 2. The largest absolute Gasteiger partial charge is 0.306 e. The summed E-state index contributed by atoms with van der Waals surface area (Å²) in [5.74, 6) is -1.59. The van der Waals surface area contributed by atoms with Crippen LogP contribution in [0.15, 0.2) is 36.4 Å². The van der Waals surface area contributed by atoms with Crippen LogP contribution in [-0.2, 0) is 0 Å². The molecule has 0 radical (unpaired) electrons. The summed E-state index contributed by atoms with van der Waals surface area (Å²) in [4.78, 5) is 0. The Kier molecular flexibility index (Phi) is 4.50. The Balaban J connectivity index is 2.50. The minimum absolute atomic E-state index is 0.338. The second-order valence-corrected chi connectivity index (χ2v) is 4.98. The summed E-state index contributed by atoms with van der Waals surface area (Å²) in [6, 6.07) is 9.96. The number of hydrogen-bond acceptors (Lipinski definition) is 1. The maximum Gasteiger partial charge on any atom is 0.163 e. The zero-order valence-electron chi connectivity index (χ0n) is 12.0. The van der Waals surface area contributed by atoms with Gasteiger partial charge in [0, 0.05) is 5.56 Å². The summed E-state index contributed by atoms with van der Waals surface area (Å²) in [6.07, 6.45) is 0. The topological polar surface area (TPSA) is 12.0 Å². The Labute approximate surface area is 118 Å². The van der Waals surface area contributed by atoms with Crippen LogP contribution in [0.3, 0.4) is 0 Å². The van der Waals surface area contributed by atoms with Gasteiger partial charge in [-0.2, -0.15) is 0 Å². The van der Waals surface area contributed by atoms with Gasteiger partial charge in [-0.25, -0.2) is 8.78 Å². The quantitative estimate of drug-likeness (QED) is 0.878. The zero-order valence-corrected chi connectivity index (χ0v) is 12.0. The number of hydrogen-bond donors (Lipinski definition) is 1. The molecular formula is C17H19F2N. The standard InChI is InChI=1S/C17H19F2N/c1-4-20-17(13-9-8-11(2)12(3)10-13)14-6-5-7-15(18)16(14)19/h5-10,17,20H,4H2,1-3H3. The average Bonchev–Trinajstić information content (AvgIpc) is 2.43. The van der Waals surface area contributed by atoms with Crippen molar-refractivity contribution in [1.82, 2.24) is 5.32 Å². The molecule has 1 N–H and O–H groups in total. The molecule has 1 unspecified atom stereocenters. The molecule has 0 aliphatic heterocycles. The second kappa shape index (κ2) is 6.14. The maximum absolute atomic E-state index is 14.0. The van der Waals surface area contributed by atoms with Gasteiger partial charge in [0.05, 0.1) is 6.04 Å². The SMILES string of the molecule is CCNC(c1ccc(C)c(C)c1)c1cccc(F)c1F. The van der Waals surface area contributed by atoms with Crippen molar-refractivity contribution in [2.45, 2.75) is 26.8 Å². The van der Waals surface area contributed by atoms with Crippen molar-refractivity contribution in [3.63, 3.8) is 0 Å². The predicted octanol–water partition coefficient (Wildman–Crippen LogP) is 4.28. The van der Waals surface area contributed by atoms with E-state index in [1.165, 1.54) is 5.56 Å². The van der Waals surface area contributed by atoms with E-state index in [1.807, 2.05) is 39.0 Å². The molecule has 3 heteroatoms. The molecule has 0 aliphatic rings. The van der Waals surface area contributed by atoms with Gasteiger partial charge in [0.25, 0.3) is 0 Å². The molecule has 106 valence electrons. The summed E-state index contributed by atoms with van der Waals surface area (Å²) >= 11 is 0. The Hall–Kier alpha value is -1.74. The lowest BCUT2D eigenvalue weighted by atomic mass is 9.95. The molecule has 2 aromatic rings. The van der Waals surface area contributed by atoms with E-state index in [-0.39, 0.29) is 6.04 Å². The van der Waals surface area contributed by atoms with Crippen LogP contribution >= 0.6 is 0 Å². The molecular weight excluding hydrogens is 256 g/mol. The Bertz CT molecular complexity index is 608. The van der Waals surface area contributed by atoms with Crippen LogP contribution in [-0.4, -0.2) is 6.54 Å². The zero-order chi connectivity index (χ0) is 14.7. The third kappa shape index (κ3) is 2.88. The van der Waals surface area contributed by atoms with Crippen LogP contribution in [0.2, 0.25) is 0 Å². The predicted molar refractivity (Wildman–Crippen MR) is 77.8 cm³/mol. The van der Waals surface area contributed by atoms with E-state index in [1.54, 1.807) is 12.1 Å². The summed E-state index contributed by atoms with van der Waals surface area (Å²) in [5, 5.41) is 3.22. The molecule has 0 heterocycles. The first-order chi connectivity index (χ1) is 9.54. The average molecular weight is 275 g/mol. The van der Waals surface area contributed by atoms with Crippen LogP contribution in [0.5, 0.6) is 0 Å². The van der Waals surface area contributed by atoms with E-state index in [0.717, 1.165) is 17.2 Å². The van der Waals surface area contributed by atoms with Gasteiger partial charge in [-0.1, -0.05) is 37.3 Å². The van der Waals surface area contributed by atoms with E-state index in [9.17, 15) is 8.78 Å². The number of nitrogens with one attached hydrogen (secondary N) is 1. The molecule has 0 aliphatic carbocycles. The summed E-state index contributed by atoms with van der Waals surface area (Å²) in [7, 11) is 0. The molecule has 0 amide bonds. The van der Waals surface area contributed by atoms with Crippen LogP contribution in [0.4, 0.5) is 8.78 Å². The highest BCUT2D eigenvalue weighted by atomic mass is 19.2. The highest BCUT2D eigenvalue weighted by Gasteiger charge is 2.19. The van der Waals surface area contributed by atoms with E-state index in [0.29, 0.717) is 12.1 Å².